The first kappa shape index (κ1) is 24.8. The highest BCUT2D eigenvalue weighted by Gasteiger charge is 2.49. The van der Waals surface area contributed by atoms with Crippen LogP contribution in [0.4, 0.5) is 8.78 Å². The van der Waals surface area contributed by atoms with Crippen LogP contribution in [0.2, 0.25) is 5.02 Å². The predicted octanol–water partition coefficient (Wildman–Crippen LogP) is 4.76. The van der Waals surface area contributed by atoms with Crippen LogP contribution in [0.1, 0.15) is 26.3 Å². The van der Waals surface area contributed by atoms with Crippen molar-refractivity contribution in [3.05, 3.63) is 58.9 Å². The zero-order valence-corrected chi connectivity index (χ0v) is 19.8. The molecule has 0 radical (unpaired) electrons. The van der Waals surface area contributed by atoms with Gasteiger partial charge >= 0.3 is 0 Å². The van der Waals surface area contributed by atoms with Gasteiger partial charge in [-0.25, -0.2) is 8.78 Å². The quantitative estimate of drug-likeness (QED) is 0.555. The molecule has 2 N–H and O–H groups in total. The van der Waals surface area contributed by atoms with Gasteiger partial charge in [0, 0.05) is 16.5 Å². The van der Waals surface area contributed by atoms with Gasteiger partial charge in [0.05, 0.1) is 12.6 Å². The number of hydrogen-bond acceptors (Lipinski definition) is 2. The summed E-state index contributed by atoms with van der Waals surface area (Å²) in [7, 11) is -3.48. The summed E-state index contributed by atoms with van der Waals surface area (Å²) in [4.78, 5) is 14.1. The van der Waals surface area contributed by atoms with Crippen molar-refractivity contribution in [2.45, 2.75) is 45.4 Å². The molecule has 1 amide bonds. The van der Waals surface area contributed by atoms with Crippen molar-refractivity contribution in [3.63, 3.8) is 0 Å². The standard InChI is InChI=1S/C23H27ClF2N2O3S/c1-4-32(30,31)27-22-19(25)13-28(23(29)14(2)3)20(22)12-16-8-6-10-18(21(16)26)15-7-5-9-17(24)11-15/h5-11,14,19-20,22H,4,12-13H2,1-3H3,(H-,27,30,31)/p+1/t19-,20-,22-/m0/s1. The molecule has 9 heteroatoms. The Morgan fingerprint density at radius 1 is 1.31 bits per heavy atom. The van der Waals surface area contributed by atoms with Crippen molar-refractivity contribution in [1.82, 2.24) is 9.62 Å². The number of carbonyl (C=O) groups excluding carboxylic acids is 1. The summed E-state index contributed by atoms with van der Waals surface area (Å²) in [6, 6.07) is 9.79. The number of nitrogens with one attached hydrogen (secondary N) is 1. The SMILES string of the molecule is CC[S+](=O)(O)N[C@H]1[C@@H](F)CN(C(=O)C(C)C)[C@H]1Cc1cccc(-c2cccc(Cl)c2)c1F. The Balaban J connectivity index is 1.99. The maximum absolute atomic E-state index is 15.5. The van der Waals surface area contributed by atoms with E-state index in [1.807, 2.05) is 0 Å². The van der Waals surface area contributed by atoms with Crippen LogP contribution in [-0.2, 0) is 25.8 Å². The second kappa shape index (κ2) is 9.95. The second-order valence-corrected chi connectivity index (χ2v) is 10.8. The first-order valence-corrected chi connectivity index (χ1v) is 12.6. The number of benzene rings is 2. The third kappa shape index (κ3) is 5.36. The fourth-order valence-electron chi connectivity index (χ4n) is 3.98. The van der Waals surface area contributed by atoms with Crippen LogP contribution in [0.5, 0.6) is 0 Å². The molecule has 2 aromatic carbocycles. The second-order valence-electron chi connectivity index (χ2n) is 8.29. The molecule has 1 saturated heterocycles. The number of amides is 1. The van der Waals surface area contributed by atoms with E-state index in [2.05, 4.69) is 4.72 Å². The highest BCUT2D eigenvalue weighted by atomic mass is 35.5. The van der Waals surface area contributed by atoms with E-state index in [4.69, 9.17) is 11.6 Å². The molecular weight excluding hydrogens is 458 g/mol. The van der Waals surface area contributed by atoms with Gasteiger partial charge in [-0.05, 0) is 40.8 Å². The van der Waals surface area contributed by atoms with Gasteiger partial charge < -0.3 is 4.90 Å². The maximum atomic E-state index is 15.5. The van der Waals surface area contributed by atoms with Gasteiger partial charge in [-0.3, -0.25) is 4.79 Å². The normalized spacial score (nSPS) is 22.9. The number of rotatable bonds is 7. The third-order valence-electron chi connectivity index (χ3n) is 5.71. The topological polar surface area (TPSA) is 69.6 Å². The number of nitrogens with zero attached hydrogens (tertiary/aromatic N) is 1. The molecule has 3 rings (SSSR count). The fraction of sp³-hybridized carbons (Fsp3) is 0.435. The highest BCUT2D eigenvalue weighted by molar-refractivity contribution is 7.95. The highest BCUT2D eigenvalue weighted by Crippen LogP contribution is 2.31. The summed E-state index contributed by atoms with van der Waals surface area (Å²) in [6.45, 7) is 4.70. The van der Waals surface area contributed by atoms with Gasteiger partial charge in [0.1, 0.15) is 18.0 Å². The molecule has 0 spiro atoms. The monoisotopic (exact) mass is 485 g/mol. The Kier molecular flexibility index (Phi) is 7.70. The van der Waals surface area contributed by atoms with Crippen molar-refractivity contribution < 1.29 is 22.3 Å². The zero-order chi connectivity index (χ0) is 23.6. The molecule has 174 valence electrons. The minimum Gasteiger partial charge on any atom is -0.334 e. The molecule has 0 aromatic heterocycles. The largest absolute Gasteiger partial charge is 0.334 e. The van der Waals surface area contributed by atoms with Crippen molar-refractivity contribution in [2.75, 3.05) is 12.3 Å². The summed E-state index contributed by atoms with van der Waals surface area (Å²) in [5.74, 6) is -1.28. The summed E-state index contributed by atoms with van der Waals surface area (Å²) in [5, 5.41) is 0.471. The summed E-state index contributed by atoms with van der Waals surface area (Å²) in [5.41, 5.74) is 1.22. The Morgan fingerprint density at radius 3 is 2.62 bits per heavy atom. The lowest BCUT2D eigenvalue weighted by atomic mass is 9.95. The van der Waals surface area contributed by atoms with E-state index in [1.54, 1.807) is 56.3 Å². The van der Waals surface area contributed by atoms with Crippen LogP contribution in [0.15, 0.2) is 42.5 Å². The van der Waals surface area contributed by atoms with E-state index in [0.29, 0.717) is 16.1 Å². The van der Waals surface area contributed by atoms with E-state index in [-0.39, 0.29) is 30.2 Å². The Labute approximate surface area is 193 Å². The summed E-state index contributed by atoms with van der Waals surface area (Å²) >= 11 is 6.05. The van der Waals surface area contributed by atoms with Gasteiger partial charge in [0.25, 0.3) is 10.4 Å². The third-order valence-corrected chi connectivity index (χ3v) is 7.37. The molecule has 0 saturated carbocycles. The molecule has 5 nitrogen and oxygen atoms in total. The molecule has 0 aliphatic carbocycles. The van der Waals surface area contributed by atoms with Gasteiger partial charge in [-0.1, -0.05) is 55.8 Å². The summed E-state index contributed by atoms with van der Waals surface area (Å²) < 4.78 is 55.3. The van der Waals surface area contributed by atoms with Gasteiger partial charge in [-0.15, -0.1) is 4.72 Å². The number of alkyl halides is 1. The Bertz CT molecular complexity index is 1040. The van der Waals surface area contributed by atoms with Crippen molar-refractivity contribution in [3.8, 4) is 11.1 Å². The van der Waals surface area contributed by atoms with E-state index in [1.165, 1.54) is 11.8 Å². The molecule has 1 aliphatic rings. The molecule has 32 heavy (non-hydrogen) atoms. The van der Waals surface area contributed by atoms with Gasteiger partial charge in [0.2, 0.25) is 5.91 Å². The van der Waals surface area contributed by atoms with E-state index >= 15 is 4.39 Å². The van der Waals surface area contributed by atoms with Gasteiger partial charge in [-0.2, -0.15) is 4.55 Å². The molecule has 1 aliphatic heterocycles. The molecular formula is C23H28ClF2N2O3S+. The van der Waals surface area contributed by atoms with Crippen LogP contribution in [0.25, 0.3) is 11.1 Å². The molecule has 4 atom stereocenters. The van der Waals surface area contributed by atoms with Crippen molar-refractivity contribution in [2.24, 2.45) is 5.92 Å². The minimum atomic E-state index is -3.48. The molecule has 1 heterocycles. The Morgan fingerprint density at radius 2 is 2.00 bits per heavy atom. The molecule has 0 bridgehead atoms. The smallest absolute Gasteiger partial charge is 0.288 e. The number of likely N-dealkylation sites (tertiary alicyclic amines) is 1. The number of carbonyl (C=O) groups is 1. The van der Waals surface area contributed by atoms with Crippen LogP contribution in [-0.4, -0.2) is 45.9 Å². The Hall–Kier alpha value is -1.87. The van der Waals surface area contributed by atoms with E-state index < -0.39 is 40.4 Å². The average molecular weight is 486 g/mol. The molecule has 1 fully saturated rings. The lowest BCUT2D eigenvalue weighted by molar-refractivity contribution is -0.135. The maximum Gasteiger partial charge on any atom is 0.288 e. The van der Waals surface area contributed by atoms with E-state index in [9.17, 15) is 17.9 Å². The minimum absolute atomic E-state index is 0.00395. The van der Waals surface area contributed by atoms with Crippen LogP contribution >= 0.6 is 11.6 Å². The van der Waals surface area contributed by atoms with E-state index in [0.717, 1.165) is 0 Å². The van der Waals surface area contributed by atoms with Crippen molar-refractivity contribution in [1.29, 1.82) is 0 Å². The number of halogens is 3. The lowest BCUT2D eigenvalue weighted by Gasteiger charge is -2.29. The fourth-order valence-corrected chi connectivity index (χ4v) is 5.07. The lowest BCUT2D eigenvalue weighted by Crippen LogP contribution is -2.52. The van der Waals surface area contributed by atoms with Crippen LogP contribution in [0, 0.1) is 11.7 Å². The van der Waals surface area contributed by atoms with Crippen molar-refractivity contribution >= 4 is 27.9 Å². The average Bonchev–Trinajstić information content (AvgIpc) is 3.03. The zero-order valence-electron chi connectivity index (χ0n) is 18.2. The van der Waals surface area contributed by atoms with Gasteiger partial charge in [0.15, 0.2) is 5.75 Å². The molecule has 1 unspecified atom stereocenters. The first-order valence-electron chi connectivity index (χ1n) is 10.5. The summed E-state index contributed by atoms with van der Waals surface area (Å²) in [6.07, 6.45) is -1.56. The predicted molar refractivity (Wildman–Crippen MR) is 124 cm³/mol. The first-order chi connectivity index (χ1) is 15.0. The molecule has 2 aromatic rings. The van der Waals surface area contributed by atoms with Crippen LogP contribution in [0.3, 0.4) is 0 Å². The number of hydrogen-bond donors (Lipinski definition) is 2. The van der Waals surface area contributed by atoms with Crippen LogP contribution < -0.4 is 4.72 Å².